The summed E-state index contributed by atoms with van der Waals surface area (Å²) in [4.78, 5) is 0. The lowest BCUT2D eigenvalue weighted by molar-refractivity contribution is -0.123. The van der Waals surface area contributed by atoms with Crippen molar-refractivity contribution < 1.29 is 24.0 Å². The van der Waals surface area contributed by atoms with Crippen LogP contribution in [0.25, 0.3) is 0 Å². The van der Waals surface area contributed by atoms with E-state index in [1.54, 1.807) is 12.1 Å². The summed E-state index contributed by atoms with van der Waals surface area (Å²) in [5, 5.41) is 20.7. The summed E-state index contributed by atoms with van der Waals surface area (Å²) in [5.41, 5.74) is 0.692. The summed E-state index contributed by atoms with van der Waals surface area (Å²) in [6.07, 6.45) is -3.90. The molecule has 0 spiro atoms. The van der Waals surface area contributed by atoms with Gasteiger partial charge in [-0.3, -0.25) is 0 Å². The zero-order chi connectivity index (χ0) is 14.5. The number of aliphatic hydroxyl groups is 2. The fourth-order valence-electron chi connectivity index (χ4n) is 2.13. The molecule has 0 radical (unpaired) electrons. The van der Waals surface area contributed by atoms with E-state index >= 15 is 0 Å². The summed E-state index contributed by atoms with van der Waals surface area (Å²) in [6.45, 7) is 0. The molecule has 1 aliphatic heterocycles. The Morgan fingerprint density at radius 1 is 1.15 bits per heavy atom. The Labute approximate surface area is 126 Å². The average molecular weight is 354 g/mol. The normalized spacial score (nSPS) is 32.6. The molecular weight excluding hydrogens is 336 g/mol. The first-order valence-corrected chi connectivity index (χ1v) is 11.4. The third-order valence-electron chi connectivity index (χ3n) is 3.07. The van der Waals surface area contributed by atoms with Crippen LogP contribution in [0.15, 0.2) is 30.3 Å². The molecule has 5 unspecified atom stereocenters. The molecule has 1 aromatic carbocycles. The topological polar surface area (TPSA) is 68.2 Å². The molecule has 1 fully saturated rings. The van der Waals surface area contributed by atoms with Gasteiger partial charge >= 0.3 is 0 Å². The highest BCUT2D eigenvalue weighted by atomic mass is 32.0. The van der Waals surface area contributed by atoms with Gasteiger partial charge in [0.15, 0.2) is 6.29 Å². The van der Waals surface area contributed by atoms with Crippen LogP contribution >= 0.6 is 34.8 Å². The summed E-state index contributed by atoms with van der Waals surface area (Å²) >= 11 is 0. The first-order chi connectivity index (χ1) is 9.69. The van der Waals surface area contributed by atoms with Gasteiger partial charge in [0.05, 0.1) is 0 Å². The van der Waals surface area contributed by atoms with Crippen molar-refractivity contribution in [1.29, 1.82) is 0 Å². The highest BCUT2D eigenvalue weighted by Crippen LogP contribution is 2.40. The lowest BCUT2D eigenvalue weighted by Gasteiger charge is -2.21. The molecule has 0 aliphatic carbocycles. The molecule has 1 aliphatic rings. The molecule has 2 N–H and O–H groups in total. The molecule has 20 heavy (non-hydrogen) atoms. The monoisotopic (exact) mass is 354 g/mol. The van der Waals surface area contributed by atoms with Gasteiger partial charge in [0.25, 0.3) is 0 Å². The van der Waals surface area contributed by atoms with Crippen molar-refractivity contribution in [3.8, 4) is 0 Å². The van der Waals surface area contributed by atoms with Crippen molar-refractivity contribution in [3.63, 3.8) is 0 Å². The SMILES string of the molecule is O[C@@H]1[C@H]([C@@H](O)c2ccccc2)OC(OPP)[C@H]1OPP. The van der Waals surface area contributed by atoms with Gasteiger partial charge in [-0.25, -0.2) is 0 Å². The van der Waals surface area contributed by atoms with Crippen molar-refractivity contribution in [2.45, 2.75) is 30.7 Å². The maximum atomic E-state index is 10.4. The van der Waals surface area contributed by atoms with Crippen LogP contribution in [0.1, 0.15) is 11.7 Å². The van der Waals surface area contributed by atoms with Crippen LogP contribution in [-0.4, -0.2) is 34.8 Å². The van der Waals surface area contributed by atoms with Crippen LogP contribution in [0, 0.1) is 0 Å². The Morgan fingerprint density at radius 2 is 1.80 bits per heavy atom. The Morgan fingerprint density at radius 3 is 2.40 bits per heavy atom. The van der Waals surface area contributed by atoms with Gasteiger partial charge in [-0.15, -0.1) is 0 Å². The summed E-state index contributed by atoms with van der Waals surface area (Å²) in [7, 11) is 5.17. The molecule has 0 saturated carbocycles. The van der Waals surface area contributed by atoms with Crippen LogP contribution in [0.3, 0.4) is 0 Å². The zero-order valence-electron chi connectivity index (χ0n) is 10.5. The zero-order valence-corrected chi connectivity index (χ0v) is 14.9. The van der Waals surface area contributed by atoms with Gasteiger partial charge in [-0.05, 0) is 5.56 Å². The van der Waals surface area contributed by atoms with Gasteiger partial charge < -0.3 is 24.0 Å². The Bertz CT molecular complexity index is 409. The van der Waals surface area contributed by atoms with Gasteiger partial charge in [0.1, 0.15) is 24.4 Å². The number of ether oxygens (including phenoxy) is 1. The molecule has 0 aromatic heterocycles. The van der Waals surface area contributed by atoms with Crippen molar-refractivity contribution in [3.05, 3.63) is 35.9 Å². The minimum atomic E-state index is -0.940. The molecule has 9 heteroatoms. The molecule has 1 aromatic rings. The summed E-state index contributed by atoms with van der Waals surface area (Å²) < 4.78 is 16.5. The highest BCUT2D eigenvalue weighted by Gasteiger charge is 2.48. The van der Waals surface area contributed by atoms with Gasteiger partial charge in [-0.1, -0.05) is 48.2 Å². The minimum Gasteiger partial charge on any atom is -0.387 e. The van der Waals surface area contributed by atoms with Crippen LogP contribution in [0.2, 0.25) is 0 Å². The second kappa shape index (κ2) is 8.39. The lowest BCUT2D eigenvalue weighted by atomic mass is 9.99. The van der Waals surface area contributed by atoms with Crippen LogP contribution in [0.5, 0.6) is 0 Å². The van der Waals surface area contributed by atoms with Crippen molar-refractivity contribution in [2.75, 3.05) is 0 Å². The molecule has 9 atom stereocenters. The largest absolute Gasteiger partial charge is 0.387 e. The number of benzene rings is 1. The third kappa shape index (κ3) is 3.93. The Balaban J connectivity index is 2.12. The molecule has 0 bridgehead atoms. The van der Waals surface area contributed by atoms with Gasteiger partial charge in [0, 0.05) is 17.0 Å². The standard InChI is InChI=1S/C11H18O5P4/c12-7(6-4-2-1-3-5-6)9-8(13)10(15-19-17)11(14-9)16-20-18/h1-5,7-13,19-20H,17-18H2/t7-,8+,9-,10-,11?/m0/s1. The molecular formula is C11H18O5P4. The predicted octanol–water partition coefficient (Wildman–Crippen LogP) is 1.97. The predicted molar refractivity (Wildman–Crippen MR) is 88.1 cm³/mol. The van der Waals surface area contributed by atoms with Crippen LogP contribution in [-0.2, 0) is 13.8 Å². The summed E-state index contributed by atoms with van der Waals surface area (Å²) in [5.74, 6) is 0. The van der Waals surface area contributed by atoms with E-state index in [0.29, 0.717) is 5.56 Å². The molecule has 0 amide bonds. The molecule has 1 heterocycles. The van der Waals surface area contributed by atoms with E-state index in [1.807, 2.05) is 18.2 Å². The van der Waals surface area contributed by atoms with E-state index in [1.165, 1.54) is 0 Å². The Hall–Kier alpha value is 0.740. The maximum absolute atomic E-state index is 10.4. The molecule has 112 valence electrons. The van der Waals surface area contributed by atoms with Crippen molar-refractivity contribution in [1.82, 2.24) is 0 Å². The third-order valence-corrected chi connectivity index (χ3v) is 4.67. The summed E-state index contributed by atoms with van der Waals surface area (Å²) in [6, 6.07) is 9.11. The van der Waals surface area contributed by atoms with E-state index in [0.717, 1.165) is 0 Å². The molecule has 2 rings (SSSR count). The second-order valence-electron chi connectivity index (χ2n) is 4.25. The van der Waals surface area contributed by atoms with E-state index in [4.69, 9.17) is 13.8 Å². The maximum Gasteiger partial charge on any atom is 0.191 e. The second-order valence-corrected chi connectivity index (χ2v) is 6.61. The lowest BCUT2D eigenvalue weighted by Crippen LogP contribution is -2.36. The number of rotatable bonds is 6. The fourth-order valence-corrected chi connectivity index (χ4v) is 3.73. The quantitative estimate of drug-likeness (QED) is 0.765. The number of hydrogen-bond donors (Lipinski definition) is 2. The van der Waals surface area contributed by atoms with Crippen molar-refractivity contribution in [2.24, 2.45) is 0 Å². The van der Waals surface area contributed by atoms with E-state index in [-0.39, 0.29) is 17.0 Å². The average Bonchev–Trinajstić information content (AvgIpc) is 2.77. The van der Waals surface area contributed by atoms with E-state index in [2.05, 4.69) is 17.9 Å². The van der Waals surface area contributed by atoms with Crippen LogP contribution < -0.4 is 0 Å². The van der Waals surface area contributed by atoms with Gasteiger partial charge in [0.2, 0.25) is 0 Å². The van der Waals surface area contributed by atoms with Crippen LogP contribution in [0.4, 0.5) is 0 Å². The fraction of sp³-hybridized carbons (Fsp3) is 0.455. The van der Waals surface area contributed by atoms with E-state index < -0.39 is 30.7 Å². The smallest absolute Gasteiger partial charge is 0.191 e. The van der Waals surface area contributed by atoms with E-state index in [9.17, 15) is 10.2 Å². The van der Waals surface area contributed by atoms with Crippen molar-refractivity contribution >= 4 is 34.8 Å². The Kier molecular flexibility index (Phi) is 7.18. The number of hydrogen-bond acceptors (Lipinski definition) is 5. The minimum absolute atomic E-state index is 0.129. The molecule has 1 saturated heterocycles. The first-order valence-electron chi connectivity index (χ1n) is 5.98. The highest BCUT2D eigenvalue weighted by molar-refractivity contribution is 8.00. The number of aliphatic hydroxyl groups excluding tert-OH is 2. The van der Waals surface area contributed by atoms with Gasteiger partial charge in [-0.2, -0.15) is 0 Å². The first kappa shape index (κ1) is 17.1. The molecule has 5 nitrogen and oxygen atoms in total.